The van der Waals surface area contributed by atoms with Gasteiger partial charge in [0.05, 0.1) is 0 Å². The van der Waals surface area contributed by atoms with Crippen LogP contribution < -0.4 is 0 Å². The van der Waals surface area contributed by atoms with Gasteiger partial charge in [-0.25, -0.2) is 8.78 Å². The van der Waals surface area contributed by atoms with Crippen LogP contribution in [0.4, 0.5) is 8.78 Å². The molecule has 0 saturated carbocycles. The van der Waals surface area contributed by atoms with Gasteiger partial charge in [0.25, 0.3) is 0 Å². The molecule has 0 saturated heterocycles. The van der Waals surface area contributed by atoms with Gasteiger partial charge in [0.15, 0.2) is 0 Å². The molecule has 0 fully saturated rings. The van der Waals surface area contributed by atoms with Crippen molar-refractivity contribution in [3.8, 4) is 0 Å². The lowest BCUT2D eigenvalue weighted by Gasteiger charge is -1.98. The van der Waals surface area contributed by atoms with Crippen LogP contribution in [0.5, 0.6) is 0 Å². The van der Waals surface area contributed by atoms with Crippen molar-refractivity contribution in [3.63, 3.8) is 0 Å². The lowest BCUT2D eigenvalue weighted by atomic mass is 10.1. The van der Waals surface area contributed by atoms with Crippen LogP contribution in [0.15, 0.2) is 35.5 Å². The quantitative estimate of drug-likeness (QED) is 0.545. The molecule has 0 aromatic heterocycles. The molecule has 1 aliphatic rings. The first-order valence-electron chi connectivity index (χ1n) is 3.67. The second kappa shape index (κ2) is 3.46. The SMILES string of the molecule is CCC1=C(F)C=CCC=C1F. The van der Waals surface area contributed by atoms with Gasteiger partial charge in [-0.15, -0.1) is 0 Å². The molecule has 11 heavy (non-hydrogen) atoms. The molecular formula is C9H10F2. The standard InChI is InChI=1S/C9H10F2/c1-2-7-8(10)5-3-4-6-9(7)11/h3,5-6H,2,4H2,1H3. The summed E-state index contributed by atoms with van der Waals surface area (Å²) in [5, 5.41) is 0. The summed E-state index contributed by atoms with van der Waals surface area (Å²) in [6.07, 6.45) is 5.20. The maximum Gasteiger partial charge on any atom is 0.128 e. The van der Waals surface area contributed by atoms with Gasteiger partial charge in [0.2, 0.25) is 0 Å². The minimum absolute atomic E-state index is 0.179. The summed E-state index contributed by atoms with van der Waals surface area (Å²) in [7, 11) is 0. The maximum absolute atomic E-state index is 12.9. The number of allylic oxidation sites excluding steroid dienone is 6. The summed E-state index contributed by atoms with van der Waals surface area (Å²) in [6.45, 7) is 1.74. The molecule has 1 aliphatic carbocycles. The van der Waals surface area contributed by atoms with E-state index in [9.17, 15) is 8.78 Å². The Bertz CT molecular complexity index is 234. The number of hydrogen-bond donors (Lipinski definition) is 0. The van der Waals surface area contributed by atoms with E-state index in [0.29, 0.717) is 12.8 Å². The lowest BCUT2D eigenvalue weighted by Crippen LogP contribution is -1.83. The van der Waals surface area contributed by atoms with E-state index in [2.05, 4.69) is 0 Å². The topological polar surface area (TPSA) is 0 Å². The number of hydrogen-bond acceptors (Lipinski definition) is 0. The van der Waals surface area contributed by atoms with Gasteiger partial charge in [0, 0.05) is 5.57 Å². The smallest absolute Gasteiger partial charge is 0.128 e. The highest BCUT2D eigenvalue weighted by atomic mass is 19.1. The summed E-state index contributed by atoms with van der Waals surface area (Å²) in [5.74, 6) is -0.867. The maximum atomic E-state index is 12.9. The van der Waals surface area contributed by atoms with Crippen molar-refractivity contribution in [1.29, 1.82) is 0 Å². The number of halogens is 2. The highest BCUT2D eigenvalue weighted by Crippen LogP contribution is 2.24. The summed E-state index contributed by atoms with van der Waals surface area (Å²) in [6, 6.07) is 0. The molecule has 0 bridgehead atoms. The molecule has 0 aromatic carbocycles. The van der Waals surface area contributed by atoms with E-state index in [4.69, 9.17) is 0 Å². The van der Waals surface area contributed by atoms with Crippen LogP contribution >= 0.6 is 0 Å². The Hall–Kier alpha value is -0.920. The second-order valence-corrected chi connectivity index (χ2v) is 2.37. The van der Waals surface area contributed by atoms with Crippen LogP contribution in [0, 0.1) is 0 Å². The fraction of sp³-hybridized carbons (Fsp3) is 0.333. The van der Waals surface area contributed by atoms with E-state index in [1.165, 1.54) is 12.2 Å². The molecule has 0 radical (unpaired) electrons. The van der Waals surface area contributed by atoms with Crippen molar-refractivity contribution in [2.24, 2.45) is 0 Å². The minimum Gasteiger partial charge on any atom is -0.207 e. The molecule has 0 spiro atoms. The van der Waals surface area contributed by atoms with Crippen molar-refractivity contribution >= 4 is 0 Å². The van der Waals surface area contributed by atoms with Crippen LogP contribution in [0.1, 0.15) is 19.8 Å². The first kappa shape index (κ1) is 8.18. The molecule has 0 atom stereocenters. The predicted molar refractivity (Wildman–Crippen MR) is 41.4 cm³/mol. The molecule has 0 amide bonds. The Balaban J connectivity index is 3.02. The molecule has 0 heterocycles. The Kier molecular flexibility index (Phi) is 2.58. The molecular weight excluding hydrogens is 146 g/mol. The predicted octanol–water partition coefficient (Wildman–Crippen LogP) is 3.43. The zero-order chi connectivity index (χ0) is 8.27. The third-order valence-corrected chi connectivity index (χ3v) is 1.63. The van der Waals surface area contributed by atoms with Crippen LogP contribution in [0.3, 0.4) is 0 Å². The molecule has 2 heteroatoms. The van der Waals surface area contributed by atoms with Crippen LogP contribution in [0.2, 0.25) is 0 Å². The van der Waals surface area contributed by atoms with Crippen LogP contribution in [-0.4, -0.2) is 0 Å². The Labute approximate surface area is 64.9 Å². The monoisotopic (exact) mass is 156 g/mol. The van der Waals surface area contributed by atoms with Gasteiger partial charge in [-0.2, -0.15) is 0 Å². The summed E-state index contributed by atoms with van der Waals surface area (Å²) in [5.41, 5.74) is 0.179. The van der Waals surface area contributed by atoms with Crippen molar-refractivity contribution in [1.82, 2.24) is 0 Å². The van der Waals surface area contributed by atoms with Gasteiger partial charge in [-0.3, -0.25) is 0 Å². The lowest BCUT2D eigenvalue weighted by molar-refractivity contribution is 0.601. The third kappa shape index (κ3) is 1.76. The van der Waals surface area contributed by atoms with E-state index in [1.807, 2.05) is 0 Å². The Morgan fingerprint density at radius 1 is 1.45 bits per heavy atom. The summed E-state index contributed by atoms with van der Waals surface area (Å²) in [4.78, 5) is 0. The van der Waals surface area contributed by atoms with Crippen LogP contribution in [0.25, 0.3) is 0 Å². The molecule has 0 aromatic rings. The van der Waals surface area contributed by atoms with E-state index in [0.717, 1.165) is 0 Å². The van der Waals surface area contributed by atoms with Gasteiger partial charge in [-0.1, -0.05) is 13.0 Å². The fourth-order valence-electron chi connectivity index (χ4n) is 1.02. The molecule has 60 valence electrons. The van der Waals surface area contributed by atoms with E-state index in [1.54, 1.807) is 13.0 Å². The minimum atomic E-state index is -0.446. The Morgan fingerprint density at radius 3 is 2.82 bits per heavy atom. The second-order valence-electron chi connectivity index (χ2n) is 2.37. The Morgan fingerprint density at radius 2 is 2.18 bits per heavy atom. The largest absolute Gasteiger partial charge is 0.207 e. The van der Waals surface area contributed by atoms with Crippen LogP contribution in [-0.2, 0) is 0 Å². The molecule has 0 aliphatic heterocycles. The molecule has 0 nitrogen and oxygen atoms in total. The first-order chi connectivity index (χ1) is 5.25. The zero-order valence-corrected chi connectivity index (χ0v) is 6.40. The fourth-order valence-corrected chi connectivity index (χ4v) is 1.02. The number of rotatable bonds is 1. The summed E-state index contributed by atoms with van der Waals surface area (Å²) >= 11 is 0. The van der Waals surface area contributed by atoms with Gasteiger partial charge in [0.1, 0.15) is 11.7 Å². The highest BCUT2D eigenvalue weighted by molar-refractivity contribution is 5.35. The average molecular weight is 156 g/mol. The van der Waals surface area contributed by atoms with Crippen molar-refractivity contribution in [2.45, 2.75) is 19.8 Å². The average Bonchev–Trinajstić information content (AvgIpc) is 2.12. The highest BCUT2D eigenvalue weighted by Gasteiger charge is 2.08. The van der Waals surface area contributed by atoms with E-state index >= 15 is 0 Å². The summed E-state index contributed by atoms with van der Waals surface area (Å²) < 4.78 is 25.8. The van der Waals surface area contributed by atoms with Gasteiger partial charge in [-0.05, 0) is 25.0 Å². The molecule has 1 rings (SSSR count). The van der Waals surface area contributed by atoms with Crippen molar-refractivity contribution in [3.05, 3.63) is 35.5 Å². The van der Waals surface area contributed by atoms with Crippen molar-refractivity contribution in [2.75, 3.05) is 0 Å². The molecule has 0 N–H and O–H groups in total. The van der Waals surface area contributed by atoms with E-state index < -0.39 is 11.7 Å². The van der Waals surface area contributed by atoms with Gasteiger partial charge >= 0.3 is 0 Å². The van der Waals surface area contributed by atoms with E-state index in [-0.39, 0.29) is 5.57 Å². The molecule has 0 unspecified atom stereocenters. The third-order valence-electron chi connectivity index (χ3n) is 1.63. The zero-order valence-electron chi connectivity index (χ0n) is 6.40. The van der Waals surface area contributed by atoms with Crippen molar-refractivity contribution < 1.29 is 8.78 Å². The normalized spacial score (nSPS) is 18.3. The van der Waals surface area contributed by atoms with Gasteiger partial charge < -0.3 is 0 Å². The first-order valence-corrected chi connectivity index (χ1v) is 3.67.